The molecule has 0 atom stereocenters. The molecule has 2 heterocycles. The number of H-pyrrole nitrogens is 2. The molecule has 96 valence electrons. The molecule has 6 nitrogen and oxygen atoms in total. The normalized spacial score (nSPS) is 10.8. The van der Waals surface area contributed by atoms with Gasteiger partial charge in [-0.3, -0.25) is 14.9 Å². The molecule has 6 heteroatoms. The van der Waals surface area contributed by atoms with E-state index < -0.39 is 0 Å². The second-order valence-electron chi connectivity index (χ2n) is 4.39. The van der Waals surface area contributed by atoms with Gasteiger partial charge >= 0.3 is 0 Å². The van der Waals surface area contributed by atoms with Crippen LogP contribution >= 0.6 is 0 Å². The third-order valence-electron chi connectivity index (χ3n) is 2.90. The topological polar surface area (TPSA) is 86.5 Å². The fraction of sp³-hybridized carbons (Fsp3) is 0.154. The third-order valence-corrected chi connectivity index (χ3v) is 2.90. The van der Waals surface area contributed by atoms with Crippen molar-refractivity contribution in [3.8, 4) is 0 Å². The Hall–Kier alpha value is -2.63. The number of aryl methyl sites for hydroxylation is 1. The molecular weight excluding hydrogens is 242 g/mol. The molecular formula is C13H13N5O. The summed E-state index contributed by atoms with van der Waals surface area (Å²) in [6, 6.07) is 8.17. The highest BCUT2D eigenvalue weighted by molar-refractivity contribution is 5.73. The maximum atomic E-state index is 11.7. The average molecular weight is 255 g/mol. The van der Waals surface area contributed by atoms with Crippen LogP contribution in [0.5, 0.6) is 0 Å². The standard InChI is InChI=1S/C13H13N5O/c1-8-2-4-9(5-3-8)6-14-13-16-11-10(7-15-18-11)12(19)17-13/h2-5,7H,6H2,1H3,(H3,14,15,16,17,18,19). The van der Waals surface area contributed by atoms with Crippen LogP contribution in [0.2, 0.25) is 0 Å². The molecule has 2 aromatic heterocycles. The summed E-state index contributed by atoms with van der Waals surface area (Å²) in [5.41, 5.74) is 2.62. The van der Waals surface area contributed by atoms with E-state index in [4.69, 9.17) is 0 Å². The van der Waals surface area contributed by atoms with Crippen molar-refractivity contribution in [2.45, 2.75) is 13.5 Å². The molecule has 3 aromatic rings. The van der Waals surface area contributed by atoms with Crippen molar-refractivity contribution in [1.29, 1.82) is 0 Å². The Kier molecular flexibility index (Phi) is 2.75. The summed E-state index contributed by atoms with van der Waals surface area (Å²) in [4.78, 5) is 18.6. The lowest BCUT2D eigenvalue weighted by molar-refractivity contribution is 1.04. The first kappa shape index (κ1) is 11.5. The molecule has 0 saturated carbocycles. The Morgan fingerprint density at radius 1 is 1.26 bits per heavy atom. The Morgan fingerprint density at radius 2 is 2.05 bits per heavy atom. The van der Waals surface area contributed by atoms with Crippen molar-refractivity contribution in [3.05, 3.63) is 51.9 Å². The Balaban J connectivity index is 1.81. The number of rotatable bonds is 3. The average Bonchev–Trinajstić information content (AvgIpc) is 2.87. The fourth-order valence-electron chi connectivity index (χ4n) is 1.82. The highest BCUT2D eigenvalue weighted by Gasteiger charge is 2.04. The highest BCUT2D eigenvalue weighted by atomic mass is 16.1. The molecule has 3 N–H and O–H groups in total. The van der Waals surface area contributed by atoms with Crippen LogP contribution in [-0.4, -0.2) is 20.2 Å². The van der Waals surface area contributed by atoms with E-state index in [1.807, 2.05) is 31.2 Å². The number of nitrogens with one attached hydrogen (secondary N) is 3. The lowest BCUT2D eigenvalue weighted by Crippen LogP contribution is -2.12. The Bertz CT molecular complexity index is 757. The van der Waals surface area contributed by atoms with Crippen LogP contribution in [0.1, 0.15) is 11.1 Å². The first-order valence-corrected chi connectivity index (χ1v) is 5.95. The molecule has 0 amide bonds. The molecule has 19 heavy (non-hydrogen) atoms. The summed E-state index contributed by atoms with van der Waals surface area (Å²) in [7, 11) is 0. The van der Waals surface area contributed by atoms with Gasteiger partial charge < -0.3 is 5.32 Å². The zero-order valence-electron chi connectivity index (χ0n) is 10.4. The van der Waals surface area contributed by atoms with Crippen LogP contribution < -0.4 is 10.9 Å². The van der Waals surface area contributed by atoms with Crippen LogP contribution in [0.4, 0.5) is 5.95 Å². The van der Waals surface area contributed by atoms with Gasteiger partial charge in [0, 0.05) is 6.54 Å². The van der Waals surface area contributed by atoms with E-state index in [2.05, 4.69) is 25.5 Å². The van der Waals surface area contributed by atoms with Gasteiger partial charge in [0.05, 0.1) is 6.20 Å². The van der Waals surface area contributed by atoms with Gasteiger partial charge in [-0.2, -0.15) is 10.1 Å². The number of fused-ring (bicyclic) bond motifs is 1. The molecule has 0 aliphatic rings. The summed E-state index contributed by atoms with van der Waals surface area (Å²) in [6.45, 7) is 2.64. The van der Waals surface area contributed by atoms with E-state index in [1.54, 1.807) is 0 Å². The lowest BCUT2D eigenvalue weighted by Gasteiger charge is -2.05. The van der Waals surface area contributed by atoms with Gasteiger partial charge in [0.25, 0.3) is 5.56 Å². The molecule has 1 aromatic carbocycles. The smallest absolute Gasteiger partial charge is 0.263 e. The zero-order chi connectivity index (χ0) is 13.2. The Morgan fingerprint density at radius 3 is 2.84 bits per heavy atom. The summed E-state index contributed by atoms with van der Waals surface area (Å²) in [6.07, 6.45) is 1.46. The highest BCUT2D eigenvalue weighted by Crippen LogP contribution is 2.07. The molecule has 0 spiro atoms. The molecule has 0 aliphatic carbocycles. The largest absolute Gasteiger partial charge is 0.352 e. The van der Waals surface area contributed by atoms with Gasteiger partial charge in [0.15, 0.2) is 5.65 Å². The van der Waals surface area contributed by atoms with Crippen molar-refractivity contribution in [2.75, 3.05) is 5.32 Å². The second-order valence-corrected chi connectivity index (χ2v) is 4.39. The molecule has 0 aliphatic heterocycles. The zero-order valence-corrected chi connectivity index (χ0v) is 10.4. The van der Waals surface area contributed by atoms with Crippen LogP contribution in [0.15, 0.2) is 35.3 Å². The second kappa shape index (κ2) is 4.56. The van der Waals surface area contributed by atoms with E-state index in [0.717, 1.165) is 5.56 Å². The minimum Gasteiger partial charge on any atom is -0.352 e. The number of anilines is 1. The number of aromatic amines is 2. The summed E-state index contributed by atoms with van der Waals surface area (Å²) in [5, 5.41) is 10.0. The number of hydrogen-bond acceptors (Lipinski definition) is 4. The van der Waals surface area contributed by atoms with E-state index in [1.165, 1.54) is 11.8 Å². The van der Waals surface area contributed by atoms with Gasteiger partial charge in [0.2, 0.25) is 5.95 Å². The van der Waals surface area contributed by atoms with E-state index >= 15 is 0 Å². The van der Waals surface area contributed by atoms with Crippen LogP contribution in [0.3, 0.4) is 0 Å². The van der Waals surface area contributed by atoms with E-state index in [-0.39, 0.29) is 5.56 Å². The van der Waals surface area contributed by atoms with Crippen molar-refractivity contribution >= 4 is 17.0 Å². The third kappa shape index (κ3) is 2.33. The minimum absolute atomic E-state index is 0.204. The van der Waals surface area contributed by atoms with Gasteiger partial charge in [-0.25, -0.2) is 0 Å². The lowest BCUT2D eigenvalue weighted by atomic mass is 10.1. The van der Waals surface area contributed by atoms with Crippen molar-refractivity contribution in [3.63, 3.8) is 0 Å². The number of aromatic nitrogens is 4. The molecule has 0 radical (unpaired) electrons. The SMILES string of the molecule is Cc1ccc(CNc2nc3[nH]ncc3c(=O)[nH]2)cc1. The van der Waals surface area contributed by atoms with Gasteiger partial charge in [-0.15, -0.1) is 0 Å². The quantitative estimate of drug-likeness (QED) is 0.663. The summed E-state index contributed by atoms with van der Waals surface area (Å²) in [5.74, 6) is 0.433. The van der Waals surface area contributed by atoms with Crippen LogP contribution in [-0.2, 0) is 6.54 Å². The number of benzene rings is 1. The summed E-state index contributed by atoms with van der Waals surface area (Å²) >= 11 is 0. The van der Waals surface area contributed by atoms with Gasteiger partial charge in [0.1, 0.15) is 5.39 Å². The summed E-state index contributed by atoms with van der Waals surface area (Å²) < 4.78 is 0. The van der Waals surface area contributed by atoms with Gasteiger partial charge in [-0.1, -0.05) is 29.8 Å². The number of nitrogens with zero attached hydrogens (tertiary/aromatic N) is 2. The first-order valence-electron chi connectivity index (χ1n) is 5.95. The first-order chi connectivity index (χ1) is 9.22. The Labute approximate surface area is 108 Å². The maximum absolute atomic E-state index is 11.7. The maximum Gasteiger partial charge on any atom is 0.263 e. The predicted molar refractivity (Wildman–Crippen MR) is 73.0 cm³/mol. The van der Waals surface area contributed by atoms with Gasteiger partial charge in [-0.05, 0) is 12.5 Å². The minimum atomic E-state index is -0.204. The molecule has 0 saturated heterocycles. The predicted octanol–water partition coefficient (Wildman–Crippen LogP) is 1.57. The number of hydrogen-bond donors (Lipinski definition) is 3. The van der Waals surface area contributed by atoms with Crippen molar-refractivity contribution in [1.82, 2.24) is 20.2 Å². The molecule has 0 bridgehead atoms. The van der Waals surface area contributed by atoms with E-state index in [0.29, 0.717) is 23.5 Å². The monoisotopic (exact) mass is 255 g/mol. The molecule has 0 fully saturated rings. The van der Waals surface area contributed by atoms with Crippen LogP contribution in [0, 0.1) is 6.92 Å². The molecule has 0 unspecified atom stereocenters. The van der Waals surface area contributed by atoms with Crippen molar-refractivity contribution in [2.24, 2.45) is 0 Å². The van der Waals surface area contributed by atoms with Crippen molar-refractivity contribution < 1.29 is 0 Å². The fourth-order valence-corrected chi connectivity index (χ4v) is 1.82. The molecule has 3 rings (SSSR count). The van der Waals surface area contributed by atoms with E-state index in [9.17, 15) is 4.79 Å². The van der Waals surface area contributed by atoms with Crippen LogP contribution in [0.25, 0.3) is 11.0 Å².